The van der Waals surface area contributed by atoms with Gasteiger partial charge in [-0.2, -0.15) is 0 Å². The van der Waals surface area contributed by atoms with Crippen molar-refractivity contribution in [3.8, 4) is 0 Å². The van der Waals surface area contributed by atoms with E-state index in [4.69, 9.17) is 0 Å². The highest BCUT2D eigenvalue weighted by atomic mass is 16.2. The minimum absolute atomic E-state index is 0.0470. The van der Waals surface area contributed by atoms with Crippen LogP contribution in [0.5, 0.6) is 0 Å². The van der Waals surface area contributed by atoms with Crippen LogP contribution in [0.3, 0.4) is 0 Å². The quantitative estimate of drug-likeness (QED) is 0.909. The lowest BCUT2D eigenvalue weighted by atomic mass is 10.0. The molecule has 22 heavy (non-hydrogen) atoms. The summed E-state index contributed by atoms with van der Waals surface area (Å²) in [6, 6.07) is 5.97. The van der Waals surface area contributed by atoms with Crippen molar-refractivity contribution in [2.24, 2.45) is 5.92 Å². The monoisotopic (exact) mass is 302 g/mol. The van der Waals surface area contributed by atoms with Gasteiger partial charge in [0.1, 0.15) is 0 Å². The maximum Gasteiger partial charge on any atom is 0.229 e. The average Bonchev–Trinajstić information content (AvgIpc) is 2.84. The number of carbonyl (C=O) groups is 2. The first-order chi connectivity index (χ1) is 10.5. The Morgan fingerprint density at radius 3 is 2.55 bits per heavy atom. The highest BCUT2D eigenvalue weighted by Crippen LogP contribution is 2.24. The Morgan fingerprint density at radius 1 is 1.27 bits per heavy atom. The minimum atomic E-state index is -0.0813. The van der Waals surface area contributed by atoms with E-state index in [-0.39, 0.29) is 23.8 Å². The first kappa shape index (κ1) is 16.5. The molecule has 4 nitrogen and oxygen atoms in total. The molecule has 0 aliphatic carbocycles. The summed E-state index contributed by atoms with van der Waals surface area (Å²) in [5.74, 6) is 0.202. The molecule has 0 bridgehead atoms. The van der Waals surface area contributed by atoms with E-state index >= 15 is 0 Å². The molecule has 1 atom stereocenters. The Balaban J connectivity index is 2.04. The average molecular weight is 302 g/mol. The molecule has 0 radical (unpaired) electrons. The van der Waals surface area contributed by atoms with E-state index in [1.54, 1.807) is 4.90 Å². The smallest absolute Gasteiger partial charge is 0.229 e. The molecule has 1 aliphatic rings. The summed E-state index contributed by atoms with van der Waals surface area (Å²) in [6.07, 6.45) is 2.06. The molecule has 1 aromatic carbocycles. The van der Waals surface area contributed by atoms with Crippen LogP contribution in [0.4, 0.5) is 5.69 Å². The van der Waals surface area contributed by atoms with Crippen LogP contribution in [-0.4, -0.2) is 24.4 Å². The van der Waals surface area contributed by atoms with Crippen molar-refractivity contribution in [1.29, 1.82) is 0 Å². The van der Waals surface area contributed by atoms with Gasteiger partial charge in [-0.15, -0.1) is 0 Å². The van der Waals surface area contributed by atoms with Crippen molar-refractivity contribution in [2.45, 2.75) is 53.0 Å². The Bertz CT molecular complexity index is 564. The van der Waals surface area contributed by atoms with Crippen LogP contribution in [0.25, 0.3) is 0 Å². The lowest BCUT2D eigenvalue weighted by Gasteiger charge is -2.20. The summed E-state index contributed by atoms with van der Waals surface area (Å²) in [7, 11) is 0. The molecule has 0 aromatic heterocycles. The summed E-state index contributed by atoms with van der Waals surface area (Å²) in [4.78, 5) is 26.2. The molecule has 4 heteroatoms. The molecule has 1 aromatic rings. The van der Waals surface area contributed by atoms with Gasteiger partial charge < -0.3 is 10.2 Å². The predicted molar refractivity (Wildman–Crippen MR) is 88.9 cm³/mol. The fourth-order valence-electron chi connectivity index (χ4n) is 2.93. The van der Waals surface area contributed by atoms with Crippen molar-refractivity contribution in [1.82, 2.24) is 5.32 Å². The van der Waals surface area contributed by atoms with Gasteiger partial charge in [0, 0.05) is 24.6 Å². The van der Waals surface area contributed by atoms with Gasteiger partial charge in [-0.3, -0.25) is 9.59 Å². The number of hydrogen-bond donors (Lipinski definition) is 1. The molecule has 2 rings (SSSR count). The molecule has 1 N–H and O–H groups in total. The van der Waals surface area contributed by atoms with E-state index in [9.17, 15) is 9.59 Å². The fraction of sp³-hybridized carbons (Fsp3) is 0.556. The van der Waals surface area contributed by atoms with Crippen LogP contribution in [0.15, 0.2) is 18.2 Å². The van der Waals surface area contributed by atoms with E-state index in [2.05, 4.69) is 12.2 Å². The van der Waals surface area contributed by atoms with Crippen LogP contribution in [0.1, 0.15) is 44.2 Å². The van der Waals surface area contributed by atoms with Gasteiger partial charge in [-0.1, -0.05) is 19.9 Å². The third kappa shape index (κ3) is 3.49. The minimum Gasteiger partial charge on any atom is -0.351 e. The molecule has 1 saturated heterocycles. The van der Waals surface area contributed by atoms with Crippen LogP contribution < -0.4 is 10.2 Å². The normalized spacial score (nSPS) is 18.1. The Labute approximate surface area is 132 Å². The first-order valence-electron chi connectivity index (χ1n) is 8.14. The molecule has 120 valence electrons. The molecule has 2 amide bonds. The Hall–Kier alpha value is -1.84. The Kier molecular flexibility index (Phi) is 5.22. The van der Waals surface area contributed by atoms with Gasteiger partial charge in [0.05, 0.1) is 6.04 Å². The van der Waals surface area contributed by atoms with E-state index in [1.807, 2.05) is 39.0 Å². The van der Waals surface area contributed by atoms with Crippen molar-refractivity contribution in [2.75, 3.05) is 11.4 Å². The SMILES string of the molecule is CCC(CC)C(=O)N[C@@H]1CC(=O)N(c2ccc(C)c(C)c2)C1. The molecule has 1 heterocycles. The highest BCUT2D eigenvalue weighted by molar-refractivity contribution is 5.97. The van der Waals surface area contributed by atoms with E-state index < -0.39 is 0 Å². The second-order valence-electron chi connectivity index (χ2n) is 6.20. The summed E-state index contributed by atoms with van der Waals surface area (Å²) in [6.45, 7) is 8.71. The molecular formula is C18H26N2O2. The zero-order valence-electron chi connectivity index (χ0n) is 14.0. The lowest BCUT2D eigenvalue weighted by Crippen LogP contribution is -2.40. The summed E-state index contributed by atoms with van der Waals surface area (Å²) in [5.41, 5.74) is 3.32. The topological polar surface area (TPSA) is 49.4 Å². The summed E-state index contributed by atoms with van der Waals surface area (Å²) >= 11 is 0. The number of carbonyl (C=O) groups excluding carboxylic acids is 2. The van der Waals surface area contributed by atoms with E-state index in [0.29, 0.717) is 13.0 Å². The van der Waals surface area contributed by atoms with Crippen LogP contribution in [0, 0.1) is 19.8 Å². The van der Waals surface area contributed by atoms with Gasteiger partial charge >= 0.3 is 0 Å². The fourth-order valence-corrected chi connectivity index (χ4v) is 2.93. The summed E-state index contributed by atoms with van der Waals surface area (Å²) in [5, 5.41) is 3.04. The zero-order valence-corrected chi connectivity index (χ0v) is 14.0. The van der Waals surface area contributed by atoms with Gasteiger partial charge in [0.25, 0.3) is 0 Å². The van der Waals surface area contributed by atoms with Crippen molar-refractivity contribution >= 4 is 17.5 Å². The number of amides is 2. The number of anilines is 1. The largest absolute Gasteiger partial charge is 0.351 e. The highest BCUT2D eigenvalue weighted by Gasteiger charge is 2.32. The van der Waals surface area contributed by atoms with Crippen molar-refractivity contribution in [3.63, 3.8) is 0 Å². The molecule has 0 unspecified atom stereocenters. The summed E-state index contributed by atoms with van der Waals surface area (Å²) < 4.78 is 0. The van der Waals surface area contributed by atoms with Crippen LogP contribution in [0.2, 0.25) is 0 Å². The van der Waals surface area contributed by atoms with Crippen LogP contribution in [-0.2, 0) is 9.59 Å². The van der Waals surface area contributed by atoms with Crippen molar-refractivity contribution < 1.29 is 9.59 Å². The predicted octanol–water partition coefficient (Wildman–Crippen LogP) is 2.96. The zero-order chi connectivity index (χ0) is 16.3. The number of nitrogens with zero attached hydrogens (tertiary/aromatic N) is 1. The maximum atomic E-state index is 12.2. The number of rotatable bonds is 5. The van der Waals surface area contributed by atoms with Gasteiger partial charge in [-0.05, 0) is 49.9 Å². The third-order valence-electron chi connectivity index (χ3n) is 4.63. The second kappa shape index (κ2) is 6.95. The van der Waals surface area contributed by atoms with Gasteiger partial charge in [0.2, 0.25) is 11.8 Å². The third-order valence-corrected chi connectivity index (χ3v) is 4.63. The number of aryl methyl sites for hydroxylation is 2. The van der Waals surface area contributed by atoms with Crippen molar-refractivity contribution in [3.05, 3.63) is 29.3 Å². The lowest BCUT2D eigenvalue weighted by molar-refractivity contribution is -0.125. The van der Waals surface area contributed by atoms with Crippen LogP contribution >= 0.6 is 0 Å². The molecule has 0 saturated carbocycles. The molecular weight excluding hydrogens is 276 g/mol. The second-order valence-corrected chi connectivity index (χ2v) is 6.20. The molecule has 1 aliphatic heterocycles. The molecule has 1 fully saturated rings. The van der Waals surface area contributed by atoms with Gasteiger partial charge in [-0.25, -0.2) is 0 Å². The molecule has 0 spiro atoms. The number of benzene rings is 1. The number of hydrogen-bond acceptors (Lipinski definition) is 2. The first-order valence-corrected chi connectivity index (χ1v) is 8.14. The maximum absolute atomic E-state index is 12.2. The van der Waals surface area contributed by atoms with E-state index in [0.717, 1.165) is 18.5 Å². The Morgan fingerprint density at radius 2 is 1.95 bits per heavy atom. The number of nitrogens with one attached hydrogen (secondary N) is 1. The van der Waals surface area contributed by atoms with Gasteiger partial charge in [0.15, 0.2) is 0 Å². The van der Waals surface area contributed by atoms with E-state index in [1.165, 1.54) is 11.1 Å². The standard InChI is InChI=1S/C18H26N2O2/c1-5-14(6-2)18(22)19-15-10-17(21)20(11-15)16-8-7-12(3)13(4)9-16/h7-9,14-15H,5-6,10-11H2,1-4H3,(H,19,22)/t15-/m1/s1.